The number of hydrogen-bond donors (Lipinski definition) is 0. The number of aryl methyl sites for hydroxylation is 1. The molecule has 1 fully saturated rings. The maximum atomic E-state index is 9.00. The van der Waals surface area contributed by atoms with E-state index in [-0.39, 0.29) is 12.6 Å². The fraction of sp³-hybridized carbons (Fsp3) is 0.692. The first-order valence-electron chi connectivity index (χ1n) is 6.36. The summed E-state index contributed by atoms with van der Waals surface area (Å²) in [6.45, 7) is 6.66. The summed E-state index contributed by atoms with van der Waals surface area (Å²) in [5, 5.41) is 9.00. The van der Waals surface area contributed by atoms with Gasteiger partial charge < -0.3 is 14.0 Å². The highest BCUT2D eigenvalue weighted by atomic mass is 16.9. The Bertz CT molecular complexity index is 456. The van der Waals surface area contributed by atoms with E-state index in [1.165, 1.54) is 0 Å². The van der Waals surface area contributed by atoms with Crippen LogP contribution < -0.4 is 0 Å². The summed E-state index contributed by atoms with van der Waals surface area (Å²) in [6.07, 6.45) is 2.88. The SMILES string of the molecule is Cc1nc(C#N)n(CCCCC2OC(C)O2)c1C. The maximum Gasteiger partial charge on any atom is 0.213 e. The van der Waals surface area contributed by atoms with Crippen LogP contribution in [-0.2, 0) is 16.0 Å². The van der Waals surface area contributed by atoms with Gasteiger partial charge in [0.1, 0.15) is 6.07 Å². The van der Waals surface area contributed by atoms with Crippen LogP contribution in [0, 0.1) is 25.2 Å². The highest BCUT2D eigenvalue weighted by molar-refractivity contribution is 5.22. The van der Waals surface area contributed by atoms with Gasteiger partial charge in [-0.15, -0.1) is 0 Å². The van der Waals surface area contributed by atoms with Gasteiger partial charge in [0.2, 0.25) is 5.82 Å². The Morgan fingerprint density at radius 2 is 2.06 bits per heavy atom. The quantitative estimate of drug-likeness (QED) is 0.751. The van der Waals surface area contributed by atoms with Gasteiger partial charge in [-0.1, -0.05) is 0 Å². The van der Waals surface area contributed by atoms with E-state index in [0.717, 1.165) is 37.2 Å². The normalized spacial score (nSPS) is 22.6. The van der Waals surface area contributed by atoms with Crippen molar-refractivity contribution in [3.63, 3.8) is 0 Å². The second-order valence-corrected chi connectivity index (χ2v) is 4.63. The number of hydrogen-bond acceptors (Lipinski definition) is 4. The van der Waals surface area contributed by atoms with Gasteiger partial charge in [-0.05, 0) is 40.0 Å². The number of nitrogens with zero attached hydrogens (tertiary/aromatic N) is 3. The summed E-state index contributed by atoms with van der Waals surface area (Å²) in [7, 11) is 0. The molecule has 0 aromatic carbocycles. The van der Waals surface area contributed by atoms with Gasteiger partial charge in [-0.25, -0.2) is 4.98 Å². The van der Waals surface area contributed by atoms with Gasteiger partial charge in [0.25, 0.3) is 0 Å². The summed E-state index contributed by atoms with van der Waals surface area (Å²) in [4.78, 5) is 4.23. The third kappa shape index (κ3) is 2.71. The van der Waals surface area contributed by atoms with E-state index in [1.807, 2.05) is 25.3 Å². The summed E-state index contributed by atoms with van der Waals surface area (Å²) in [5.41, 5.74) is 2.02. The number of unbranched alkanes of at least 4 members (excludes halogenated alkanes) is 1. The lowest BCUT2D eigenvalue weighted by Gasteiger charge is -2.33. The van der Waals surface area contributed by atoms with Crippen LogP contribution in [0.2, 0.25) is 0 Å². The van der Waals surface area contributed by atoms with Crippen LogP contribution in [0.15, 0.2) is 0 Å². The van der Waals surface area contributed by atoms with E-state index < -0.39 is 0 Å². The molecule has 0 spiro atoms. The molecule has 2 heterocycles. The molecule has 18 heavy (non-hydrogen) atoms. The molecular weight excluding hydrogens is 230 g/mol. The van der Waals surface area contributed by atoms with Crippen molar-refractivity contribution in [3.8, 4) is 6.07 Å². The molecule has 0 saturated carbocycles. The lowest BCUT2D eigenvalue weighted by Crippen LogP contribution is -2.38. The fourth-order valence-electron chi connectivity index (χ4n) is 2.17. The molecule has 98 valence electrons. The molecule has 1 aliphatic rings. The smallest absolute Gasteiger partial charge is 0.213 e. The van der Waals surface area contributed by atoms with Crippen molar-refractivity contribution in [2.75, 3.05) is 0 Å². The number of imidazole rings is 1. The maximum absolute atomic E-state index is 9.00. The van der Waals surface area contributed by atoms with Crippen LogP contribution in [0.5, 0.6) is 0 Å². The molecule has 0 radical (unpaired) electrons. The Morgan fingerprint density at radius 3 is 2.67 bits per heavy atom. The molecule has 1 saturated heterocycles. The third-order valence-electron chi connectivity index (χ3n) is 3.32. The average Bonchev–Trinajstić information content (AvgIpc) is 2.59. The lowest BCUT2D eigenvalue weighted by atomic mass is 10.2. The topological polar surface area (TPSA) is 60.1 Å². The predicted molar refractivity (Wildman–Crippen MR) is 65.7 cm³/mol. The van der Waals surface area contributed by atoms with Crippen molar-refractivity contribution in [2.24, 2.45) is 0 Å². The van der Waals surface area contributed by atoms with E-state index in [4.69, 9.17) is 14.7 Å². The zero-order chi connectivity index (χ0) is 13.1. The highest BCUT2D eigenvalue weighted by Gasteiger charge is 2.25. The van der Waals surface area contributed by atoms with Crippen molar-refractivity contribution in [3.05, 3.63) is 17.2 Å². The predicted octanol–water partition coefficient (Wildman–Crippen LogP) is 2.26. The van der Waals surface area contributed by atoms with Crippen molar-refractivity contribution >= 4 is 0 Å². The number of nitriles is 1. The van der Waals surface area contributed by atoms with Crippen LogP contribution >= 0.6 is 0 Å². The Morgan fingerprint density at radius 1 is 1.33 bits per heavy atom. The molecular formula is C13H19N3O2. The summed E-state index contributed by atoms with van der Waals surface area (Å²) >= 11 is 0. The number of rotatable bonds is 5. The molecule has 1 aromatic rings. The molecule has 0 N–H and O–H groups in total. The first-order valence-corrected chi connectivity index (χ1v) is 6.36. The molecule has 0 bridgehead atoms. The largest absolute Gasteiger partial charge is 0.324 e. The van der Waals surface area contributed by atoms with Crippen LogP contribution in [-0.4, -0.2) is 22.1 Å². The first-order chi connectivity index (χ1) is 8.61. The molecule has 1 aromatic heterocycles. The molecule has 2 rings (SSSR count). The van der Waals surface area contributed by atoms with Gasteiger partial charge >= 0.3 is 0 Å². The van der Waals surface area contributed by atoms with Crippen molar-refractivity contribution in [1.82, 2.24) is 9.55 Å². The van der Waals surface area contributed by atoms with Gasteiger partial charge in [0, 0.05) is 12.2 Å². The van der Waals surface area contributed by atoms with E-state index in [0.29, 0.717) is 5.82 Å². The minimum absolute atomic E-state index is 0.0268. The first kappa shape index (κ1) is 13.1. The fourth-order valence-corrected chi connectivity index (χ4v) is 2.17. The lowest BCUT2D eigenvalue weighted by molar-refractivity contribution is -0.377. The van der Waals surface area contributed by atoms with Crippen molar-refractivity contribution in [2.45, 2.75) is 59.2 Å². The second-order valence-electron chi connectivity index (χ2n) is 4.63. The minimum Gasteiger partial charge on any atom is -0.324 e. The Labute approximate surface area is 107 Å². The highest BCUT2D eigenvalue weighted by Crippen LogP contribution is 2.21. The molecule has 0 unspecified atom stereocenters. The molecule has 0 aliphatic carbocycles. The van der Waals surface area contributed by atoms with Crippen LogP contribution in [0.1, 0.15) is 43.4 Å². The van der Waals surface area contributed by atoms with Gasteiger partial charge in [0.15, 0.2) is 12.6 Å². The minimum atomic E-state index is -0.0428. The Balaban J connectivity index is 1.78. The summed E-state index contributed by atoms with van der Waals surface area (Å²) < 4.78 is 12.7. The third-order valence-corrected chi connectivity index (χ3v) is 3.32. The molecule has 1 aliphatic heterocycles. The standard InChI is InChI=1S/C13H19N3O2/c1-9-10(2)16(12(8-14)15-9)7-5-4-6-13-17-11(3)18-13/h11,13H,4-7H2,1-3H3. The van der Waals surface area contributed by atoms with E-state index >= 15 is 0 Å². The zero-order valence-electron chi connectivity index (χ0n) is 11.1. The summed E-state index contributed by atoms with van der Waals surface area (Å²) in [6, 6.07) is 2.14. The van der Waals surface area contributed by atoms with E-state index in [9.17, 15) is 0 Å². The second kappa shape index (κ2) is 5.51. The average molecular weight is 249 g/mol. The molecule has 0 atom stereocenters. The molecule has 0 amide bonds. The molecule has 5 heteroatoms. The van der Waals surface area contributed by atoms with E-state index in [2.05, 4.69) is 11.1 Å². The Hall–Kier alpha value is -1.38. The van der Waals surface area contributed by atoms with Crippen LogP contribution in [0.25, 0.3) is 0 Å². The monoisotopic (exact) mass is 249 g/mol. The van der Waals surface area contributed by atoms with Gasteiger partial charge in [-0.2, -0.15) is 5.26 Å². The zero-order valence-corrected chi connectivity index (χ0v) is 11.1. The number of ether oxygens (including phenoxy) is 2. The number of aromatic nitrogens is 2. The van der Waals surface area contributed by atoms with E-state index in [1.54, 1.807) is 0 Å². The van der Waals surface area contributed by atoms with Crippen molar-refractivity contribution in [1.29, 1.82) is 5.26 Å². The van der Waals surface area contributed by atoms with Gasteiger partial charge in [0.05, 0.1) is 5.69 Å². The van der Waals surface area contributed by atoms with Crippen LogP contribution in [0.4, 0.5) is 0 Å². The Kier molecular flexibility index (Phi) is 4.00. The summed E-state index contributed by atoms with van der Waals surface area (Å²) in [5.74, 6) is 0.509. The molecule has 5 nitrogen and oxygen atoms in total. The van der Waals surface area contributed by atoms with Crippen molar-refractivity contribution < 1.29 is 9.47 Å². The van der Waals surface area contributed by atoms with Crippen LogP contribution in [0.3, 0.4) is 0 Å². The van der Waals surface area contributed by atoms with Gasteiger partial charge in [-0.3, -0.25) is 0 Å².